The molecule has 136 valence electrons. The van der Waals surface area contributed by atoms with Gasteiger partial charge in [0.05, 0.1) is 10.9 Å². The Bertz CT molecular complexity index is 879. The Morgan fingerprint density at radius 1 is 1.20 bits per heavy atom. The first kappa shape index (κ1) is 18.9. The van der Waals surface area contributed by atoms with Gasteiger partial charge < -0.3 is 15.3 Å². The second kappa shape index (κ2) is 7.66. The van der Waals surface area contributed by atoms with Gasteiger partial charge in [-0.15, -0.1) is 0 Å². The standard InChI is InChI=1S/C16H22N4O4S/c1-4-20(5-2)25(23,24)13-8-6-12(7-9-13)11(3)18-15(21)14-10-17-16(22)19-14/h6-11H,4-5H2,1-3H3,(H,18,21)(H2,17,19,22)/t11-/m0/s1. The molecule has 8 nitrogen and oxygen atoms in total. The molecule has 1 heterocycles. The van der Waals surface area contributed by atoms with E-state index >= 15 is 0 Å². The lowest BCUT2D eigenvalue weighted by Crippen LogP contribution is -2.30. The van der Waals surface area contributed by atoms with Gasteiger partial charge in [0.25, 0.3) is 5.91 Å². The molecule has 1 atom stereocenters. The molecule has 1 aromatic heterocycles. The van der Waals surface area contributed by atoms with Crippen molar-refractivity contribution in [2.75, 3.05) is 13.1 Å². The monoisotopic (exact) mass is 366 g/mol. The predicted molar refractivity (Wildman–Crippen MR) is 93.8 cm³/mol. The van der Waals surface area contributed by atoms with Gasteiger partial charge in [-0.1, -0.05) is 26.0 Å². The number of nitrogens with one attached hydrogen (secondary N) is 3. The van der Waals surface area contributed by atoms with E-state index < -0.39 is 21.6 Å². The second-order valence-electron chi connectivity index (χ2n) is 5.51. The zero-order valence-corrected chi connectivity index (χ0v) is 15.2. The van der Waals surface area contributed by atoms with Crippen LogP contribution in [0.25, 0.3) is 0 Å². The number of carbonyl (C=O) groups is 1. The van der Waals surface area contributed by atoms with E-state index in [1.165, 1.54) is 22.6 Å². The fraction of sp³-hybridized carbons (Fsp3) is 0.375. The lowest BCUT2D eigenvalue weighted by molar-refractivity contribution is 0.0935. The number of amides is 1. The zero-order chi connectivity index (χ0) is 18.6. The Kier molecular flexibility index (Phi) is 5.81. The van der Waals surface area contributed by atoms with Crippen molar-refractivity contribution in [3.8, 4) is 0 Å². The van der Waals surface area contributed by atoms with Crippen molar-refractivity contribution in [3.63, 3.8) is 0 Å². The van der Waals surface area contributed by atoms with E-state index in [-0.39, 0.29) is 16.6 Å². The SMILES string of the molecule is CCN(CC)S(=O)(=O)c1ccc([C@H](C)NC(=O)c2c[nH]c(=O)[nH]2)cc1. The summed E-state index contributed by atoms with van der Waals surface area (Å²) in [5, 5.41) is 2.74. The molecule has 0 aliphatic rings. The van der Waals surface area contributed by atoms with Gasteiger partial charge in [0, 0.05) is 19.3 Å². The topological polar surface area (TPSA) is 115 Å². The lowest BCUT2D eigenvalue weighted by Gasteiger charge is -2.19. The van der Waals surface area contributed by atoms with E-state index in [0.29, 0.717) is 13.1 Å². The molecule has 1 aromatic carbocycles. The van der Waals surface area contributed by atoms with Crippen molar-refractivity contribution < 1.29 is 13.2 Å². The van der Waals surface area contributed by atoms with Crippen molar-refractivity contribution >= 4 is 15.9 Å². The van der Waals surface area contributed by atoms with Crippen LogP contribution in [-0.2, 0) is 10.0 Å². The summed E-state index contributed by atoms with van der Waals surface area (Å²) in [6, 6.07) is 6.05. The number of nitrogens with zero attached hydrogens (tertiary/aromatic N) is 1. The van der Waals surface area contributed by atoms with E-state index in [9.17, 15) is 18.0 Å². The van der Waals surface area contributed by atoms with Gasteiger partial charge in [0.1, 0.15) is 5.69 Å². The Morgan fingerprint density at radius 3 is 2.28 bits per heavy atom. The molecule has 25 heavy (non-hydrogen) atoms. The smallest absolute Gasteiger partial charge is 0.323 e. The molecule has 9 heteroatoms. The molecule has 0 unspecified atom stereocenters. The molecule has 3 N–H and O–H groups in total. The number of hydrogen-bond acceptors (Lipinski definition) is 4. The summed E-state index contributed by atoms with van der Waals surface area (Å²) in [4.78, 5) is 28.0. The van der Waals surface area contributed by atoms with Gasteiger partial charge in [-0.3, -0.25) is 4.79 Å². The molecule has 0 bridgehead atoms. The van der Waals surface area contributed by atoms with E-state index in [0.717, 1.165) is 5.56 Å². The average Bonchev–Trinajstić information content (AvgIpc) is 3.02. The number of rotatable bonds is 7. The maximum atomic E-state index is 12.5. The summed E-state index contributed by atoms with van der Waals surface area (Å²) in [5.41, 5.74) is 0.436. The number of sulfonamides is 1. The number of benzene rings is 1. The molecule has 0 spiro atoms. The van der Waals surface area contributed by atoms with Crippen LogP contribution in [0.3, 0.4) is 0 Å². The zero-order valence-electron chi connectivity index (χ0n) is 14.4. The third-order valence-electron chi connectivity index (χ3n) is 3.91. The maximum absolute atomic E-state index is 12.5. The lowest BCUT2D eigenvalue weighted by atomic mass is 10.1. The van der Waals surface area contributed by atoms with E-state index in [1.807, 2.05) is 0 Å². The Labute approximate surface area is 146 Å². The highest BCUT2D eigenvalue weighted by molar-refractivity contribution is 7.89. The van der Waals surface area contributed by atoms with Crippen LogP contribution in [0.4, 0.5) is 0 Å². The van der Waals surface area contributed by atoms with E-state index in [2.05, 4.69) is 15.3 Å². The molecular weight excluding hydrogens is 344 g/mol. The normalized spacial score (nSPS) is 13.0. The van der Waals surface area contributed by atoms with Crippen LogP contribution in [-0.4, -0.2) is 41.7 Å². The Balaban J connectivity index is 2.13. The highest BCUT2D eigenvalue weighted by atomic mass is 32.2. The first-order chi connectivity index (χ1) is 11.8. The third-order valence-corrected chi connectivity index (χ3v) is 5.98. The quantitative estimate of drug-likeness (QED) is 0.683. The van der Waals surface area contributed by atoms with Crippen molar-refractivity contribution in [1.82, 2.24) is 19.6 Å². The van der Waals surface area contributed by atoms with E-state index in [4.69, 9.17) is 0 Å². The van der Waals surface area contributed by atoms with Crippen LogP contribution in [0.15, 0.2) is 40.2 Å². The van der Waals surface area contributed by atoms with Crippen LogP contribution in [0.5, 0.6) is 0 Å². The number of aromatic amines is 2. The first-order valence-electron chi connectivity index (χ1n) is 7.98. The fourth-order valence-corrected chi connectivity index (χ4v) is 3.91. The number of aromatic nitrogens is 2. The van der Waals surface area contributed by atoms with Gasteiger partial charge in [0.15, 0.2) is 0 Å². The molecule has 0 aliphatic heterocycles. The van der Waals surface area contributed by atoms with Crippen LogP contribution in [0.2, 0.25) is 0 Å². The summed E-state index contributed by atoms with van der Waals surface area (Å²) in [6.45, 7) is 6.16. The number of hydrogen-bond donors (Lipinski definition) is 3. The Morgan fingerprint density at radius 2 is 1.80 bits per heavy atom. The summed E-state index contributed by atoms with van der Waals surface area (Å²) in [7, 11) is -3.50. The van der Waals surface area contributed by atoms with Gasteiger partial charge >= 0.3 is 5.69 Å². The second-order valence-corrected chi connectivity index (χ2v) is 7.45. The maximum Gasteiger partial charge on any atom is 0.323 e. The van der Waals surface area contributed by atoms with Crippen molar-refractivity contribution in [3.05, 3.63) is 52.2 Å². The van der Waals surface area contributed by atoms with Crippen molar-refractivity contribution in [2.45, 2.75) is 31.7 Å². The molecule has 1 amide bonds. The number of H-pyrrole nitrogens is 2. The van der Waals surface area contributed by atoms with Crippen LogP contribution in [0.1, 0.15) is 42.9 Å². The number of imidazole rings is 1. The molecule has 0 radical (unpaired) electrons. The number of carbonyl (C=O) groups excluding carboxylic acids is 1. The summed E-state index contributed by atoms with van der Waals surface area (Å²) < 4.78 is 26.3. The summed E-state index contributed by atoms with van der Waals surface area (Å²) in [5.74, 6) is -0.425. The molecule has 0 saturated heterocycles. The summed E-state index contributed by atoms with van der Waals surface area (Å²) >= 11 is 0. The molecule has 0 fully saturated rings. The van der Waals surface area contributed by atoms with Crippen molar-refractivity contribution in [1.29, 1.82) is 0 Å². The van der Waals surface area contributed by atoms with Crippen LogP contribution < -0.4 is 11.0 Å². The first-order valence-corrected chi connectivity index (χ1v) is 9.42. The minimum atomic E-state index is -3.50. The summed E-state index contributed by atoms with van der Waals surface area (Å²) in [6.07, 6.45) is 1.30. The van der Waals surface area contributed by atoms with Crippen molar-refractivity contribution in [2.24, 2.45) is 0 Å². The Hall–Kier alpha value is -2.39. The molecule has 2 rings (SSSR count). The minimum Gasteiger partial charge on any atom is -0.344 e. The fourth-order valence-electron chi connectivity index (χ4n) is 2.45. The average molecular weight is 366 g/mol. The molecule has 0 aliphatic carbocycles. The predicted octanol–water partition coefficient (Wildman–Crippen LogP) is 1.22. The highest BCUT2D eigenvalue weighted by Gasteiger charge is 2.21. The molecular formula is C16H22N4O4S. The molecule has 0 saturated carbocycles. The van der Waals surface area contributed by atoms with Crippen LogP contribution >= 0.6 is 0 Å². The van der Waals surface area contributed by atoms with Crippen LogP contribution in [0, 0.1) is 0 Å². The van der Waals surface area contributed by atoms with Gasteiger partial charge in [-0.2, -0.15) is 4.31 Å². The minimum absolute atomic E-state index is 0.137. The van der Waals surface area contributed by atoms with Gasteiger partial charge in [-0.25, -0.2) is 13.2 Å². The van der Waals surface area contributed by atoms with E-state index in [1.54, 1.807) is 32.9 Å². The largest absolute Gasteiger partial charge is 0.344 e. The third kappa shape index (κ3) is 4.18. The van der Waals surface area contributed by atoms with Gasteiger partial charge in [0.2, 0.25) is 10.0 Å². The highest BCUT2D eigenvalue weighted by Crippen LogP contribution is 2.19. The molecule has 2 aromatic rings. The van der Waals surface area contributed by atoms with Gasteiger partial charge in [-0.05, 0) is 24.6 Å².